The van der Waals surface area contributed by atoms with Gasteiger partial charge >= 0.3 is 0 Å². The summed E-state index contributed by atoms with van der Waals surface area (Å²) in [4.78, 5) is 15.9. The second-order valence-corrected chi connectivity index (χ2v) is 5.97. The number of hydrogen-bond donors (Lipinski definition) is 1. The van der Waals surface area contributed by atoms with E-state index >= 15 is 0 Å². The lowest BCUT2D eigenvalue weighted by atomic mass is 10.2. The second-order valence-electron chi connectivity index (χ2n) is 5.04. The Bertz CT molecular complexity index is 613. The van der Waals surface area contributed by atoms with Gasteiger partial charge in [-0.3, -0.25) is 4.79 Å². The summed E-state index contributed by atoms with van der Waals surface area (Å²) in [7, 11) is 0. The van der Waals surface area contributed by atoms with Crippen molar-refractivity contribution in [3.8, 4) is 11.3 Å². The lowest BCUT2D eigenvalue weighted by molar-refractivity contribution is -0.119. The van der Waals surface area contributed by atoms with E-state index < -0.39 is 0 Å². The zero-order valence-corrected chi connectivity index (χ0v) is 13.5. The van der Waals surface area contributed by atoms with Crippen LogP contribution in [0.15, 0.2) is 40.1 Å². The lowest BCUT2D eigenvalue weighted by Gasteiger charge is -2.11. The molecule has 2 aromatic rings. The fraction of sp³-hybridized carbons (Fsp3) is 0.375. The van der Waals surface area contributed by atoms with E-state index in [2.05, 4.69) is 17.2 Å². The van der Waals surface area contributed by atoms with E-state index in [0.717, 1.165) is 18.4 Å². The van der Waals surface area contributed by atoms with Crippen molar-refractivity contribution in [1.82, 2.24) is 10.3 Å². The molecule has 1 unspecified atom stereocenters. The van der Waals surface area contributed by atoms with Crippen LogP contribution in [-0.2, 0) is 4.79 Å². The standard InChI is InChI=1S/C16H19FN2O2S/c1-3-4-11(2)19-15(20)10-22-16-18-9-14(21-16)12-5-7-13(17)8-6-12/h5-9,11H,3-4,10H2,1-2H3,(H,19,20). The molecule has 1 heterocycles. The Labute approximate surface area is 133 Å². The number of rotatable bonds is 7. The van der Waals surface area contributed by atoms with Gasteiger partial charge in [-0.1, -0.05) is 25.1 Å². The molecule has 22 heavy (non-hydrogen) atoms. The molecule has 6 heteroatoms. The predicted octanol–water partition coefficient (Wildman–Crippen LogP) is 3.88. The molecule has 1 aromatic carbocycles. The highest BCUT2D eigenvalue weighted by molar-refractivity contribution is 7.99. The molecule has 0 radical (unpaired) electrons. The van der Waals surface area contributed by atoms with E-state index in [4.69, 9.17) is 4.42 Å². The topological polar surface area (TPSA) is 55.1 Å². The number of nitrogens with one attached hydrogen (secondary N) is 1. The predicted molar refractivity (Wildman–Crippen MR) is 85.1 cm³/mol. The molecule has 2 rings (SSSR count). The van der Waals surface area contributed by atoms with Gasteiger partial charge in [0.25, 0.3) is 5.22 Å². The summed E-state index contributed by atoms with van der Waals surface area (Å²) in [5.41, 5.74) is 0.752. The number of oxazole rings is 1. The first-order valence-corrected chi connectivity index (χ1v) is 8.21. The minimum Gasteiger partial charge on any atom is -0.431 e. The van der Waals surface area contributed by atoms with Crippen LogP contribution < -0.4 is 5.32 Å². The highest BCUT2D eigenvalue weighted by Crippen LogP contribution is 2.25. The van der Waals surface area contributed by atoms with Gasteiger partial charge in [-0.2, -0.15) is 0 Å². The van der Waals surface area contributed by atoms with Crippen LogP contribution in [0.5, 0.6) is 0 Å². The van der Waals surface area contributed by atoms with Crippen molar-refractivity contribution in [3.63, 3.8) is 0 Å². The van der Waals surface area contributed by atoms with Crippen LogP contribution in [0.3, 0.4) is 0 Å². The molecule has 0 saturated carbocycles. The van der Waals surface area contributed by atoms with Gasteiger partial charge in [0.1, 0.15) is 5.82 Å². The van der Waals surface area contributed by atoms with Crippen LogP contribution in [0.25, 0.3) is 11.3 Å². The van der Waals surface area contributed by atoms with Gasteiger partial charge in [-0.15, -0.1) is 0 Å². The van der Waals surface area contributed by atoms with Crippen molar-refractivity contribution in [3.05, 3.63) is 36.3 Å². The van der Waals surface area contributed by atoms with E-state index in [-0.39, 0.29) is 23.5 Å². The summed E-state index contributed by atoms with van der Waals surface area (Å²) in [5.74, 6) is 0.489. The van der Waals surface area contributed by atoms with Crippen LogP contribution in [-0.4, -0.2) is 22.7 Å². The van der Waals surface area contributed by atoms with E-state index in [9.17, 15) is 9.18 Å². The number of hydrogen-bond acceptors (Lipinski definition) is 4. The van der Waals surface area contributed by atoms with Gasteiger partial charge < -0.3 is 9.73 Å². The van der Waals surface area contributed by atoms with Gasteiger partial charge in [-0.05, 0) is 37.6 Å². The highest BCUT2D eigenvalue weighted by atomic mass is 32.2. The second kappa shape index (κ2) is 7.98. The molecule has 118 valence electrons. The Hall–Kier alpha value is -1.82. The minimum absolute atomic E-state index is 0.0347. The van der Waals surface area contributed by atoms with E-state index in [1.165, 1.54) is 23.9 Å². The lowest BCUT2D eigenvalue weighted by Crippen LogP contribution is -2.33. The van der Waals surface area contributed by atoms with Crippen molar-refractivity contribution < 1.29 is 13.6 Å². The average molecular weight is 322 g/mol. The number of carbonyl (C=O) groups excluding carboxylic acids is 1. The number of carbonyl (C=O) groups is 1. The van der Waals surface area contributed by atoms with Gasteiger partial charge in [-0.25, -0.2) is 9.37 Å². The maximum atomic E-state index is 12.9. The van der Waals surface area contributed by atoms with Gasteiger partial charge in [0.05, 0.1) is 11.9 Å². The third-order valence-electron chi connectivity index (χ3n) is 3.07. The van der Waals surface area contributed by atoms with Crippen molar-refractivity contribution >= 4 is 17.7 Å². The average Bonchev–Trinajstić information content (AvgIpc) is 2.95. The molecule has 1 atom stereocenters. The van der Waals surface area contributed by atoms with Crippen LogP contribution in [0.1, 0.15) is 26.7 Å². The Kier molecular flexibility index (Phi) is 6.00. The van der Waals surface area contributed by atoms with Crippen LogP contribution in [0.2, 0.25) is 0 Å². The van der Waals surface area contributed by atoms with E-state index in [0.29, 0.717) is 11.0 Å². The molecule has 0 aliphatic heterocycles. The minimum atomic E-state index is -0.296. The maximum Gasteiger partial charge on any atom is 0.256 e. The van der Waals surface area contributed by atoms with Gasteiger partial charge in [0.2, 0.25) is 5.91 Å². The molecule has 0 saturated heterocycles. The van der Waals surface area contributed by atoms with Crippen LogP contribution in [0, 0.1) is 5.82 Å². The fourth-order valence-electron chi connectivity index (χ4n) is 2.02. The molecule has 0 aliphatic carbocycles. The third kappa shape index (κ3) is 4.87. The SMILES string of the molecule is CCCC(C)NC(=O)CSc1ncc(-c2ccc(F)cc2)o1. The van der Waals surface area contributed by atoms with Crippen LogP contribution in [0.4, 0.5) is 4.39 Å². The van der Waals surface area contributed by atoms with Gasteiger partial charge in [0, 0.05) is 11.6 Å². The molecule has 1 N–H and O–H groups in total. The van der Waals surface area contributed by atoms with Crippen LogP contribution >= 0.6 is 11.8 Å². The van der Waals surface area contributed by atoms with E-state index in [1.807, 2.05) is 6.92 Å². The largest absolute Gasteiger partial charge is 0.431 e. The highest BCUT2D eigenvalue weighted by Gasteiger charge is 2.11. The Morgan fingerprint density at radius 3 is 2.82 bits per heavy atom. The summed E-state index contributed by atoms with van der Waals surface area (Å²) in [6.07, 6.45) is 3.58. The maximum absolute atomic E-state index is 12.9. The first-order chi connectivity index (χ1) is 10.6. The van der Waals surface area contributed by atoms with Gasteiger partial charge in [0.15, 0.2) is 5.76 Å². The number of halogens is 1. The molecule has 1 amide bonds. The Morgan fingerprint density at radius 1 is 1.41 bits per heavy atom. The summed E-state index contributed by atoms with van der Waals surface area (Å²) in [5, 5.41) is 3.35. The normalized spacial score (nSPS) is 12.1. The summed E-state index contributed by atoms with van der Waals surface area (Å²) >= 11 is 1.24. The molecular weight excluding hydrogens is 303 g/mol. The summed E-state index contributed by atoms with van der Waals surface area (Å²) < 4.78 is 18.4. The molecule has 0 fully saturated rings. The molecule has 0 spiro atoms. The summed E-state index contributed by atoms with van der Waals surface area (Å²) in [6.45, 7) is 4.07. The van der Waals surface area contributed by atoms with Crippen molar-refractivity contribution in [2.45, 2.75) is 38.0 Å². The molecule has 0 bridgehead atoms. The first-order valence-electron chi connectivity index (χ1n) is 7.22. The Morgan fingerprint density at radius 2 is 2.14 bits per heavy atom. The molecular formula is C16H19FN2O2S. The zero-order chi connectivity index (χ0) is 15.9. The van der Waals surface area contributed by atoms with Crippen molar-refractivity contribution in [1.29, 1.82) is 0 Å². The number of benzene rings is 1. The first kappa shape index (κ1) is 16.5. The number of nitrogens with zero attached hydrogens (tertiary/aromatic N) is 1. The zero-order valence-electron chi connectivity index (χ0n) is 12.6. The number of aromatic nitrogens is 1. The molecule has 1 aromatic heterocycles. The van der Waals surface area contributed by atoms with E-state index in [1.54, 1.807) is 18.3 Å². The monoisotopic (exact) mass is 322 g/mol. The number of thioether (sulfide) groups is 1. The molecule has 0 aliphatic rings. The Balaban J connectivity index is 1.87. The summed E-state index contributed by atoms with van der Waals surface area (Å²) in [6, 6.07) is 6.17. The quantitative estimate of drug-likeness (QED) is 0.786. The smallest absolute Gasteiger partial charge is 0.256 e. The van der Waals surface area contributed by atoms with Crippen molar-refractivity contribution in [2.75, 3.05) is 5.75 Å². The van der Waals surface area contributed by atoms with Crippen molar-refractivity contribution in [2.24, 2.45) is 0 Å². The molecule has 4 nitrogen and oxygen atoms in total. The fourth-order valence-corrected chi connectivity index (χ4v) is 2.64. The third-order valence-corrected chi connectivity index (χ3v) is 3.91. The number of amides is 1.